The molecule has 0 fully saturated rings. The van der Waals surface area contributed by atoms with E-state index in [1.165, 1.54) is 51.4 Å². The Bertz CT molecular complexity index is 172. The van der Waals surface area contributed by atoms with Crippen LogP contribution in [0, 0.1) is 0 Å². The first kappa shape index (κ1) is 15.4. The van der Waals surface area contributed by atoms with Gasteiger partial charge < -0.3 is 0 Å². The fourth-order valence-electron chi connectivity index (χ4n) is 1.90. The van der Waals surface area contributed by atoms with Crippen LogP contribution in [0.5, 0.6) is 0 Å². The fourth-order valence-corrected chi connectivity index (χ4v) is 1.90. The Hall–Kier alpha value is -0.590. The van der Waals surface area contributed by atoms with Crippen molar-refractivity contribution < 1.29 is 4.79 Å². The van der Waals surface area contributed by atoms with Crippen molar-refractivity contribution in [1.29, 1.82) is 0 Å². The third kappa shape index (κ3) is 11.5. The maximum Gasteiger partial charge on any atom is 0.136 e. The van der Waals surface area contributed by atoms with E-state index in [2.05, 4.69) is 13.5 Å². The summed E-state index contributed by atoms with van der Waals surface area (Å²) in [4.78, 5) is 11.2. The second-order valence-corrected chi connectivity index (χ2v) is 4.61. The van der Waals surface area contributed by atoms with Crippen LogP contribution in [0.3, 0.4) is 0 Å². The van der Waals surface area contributed by atoms with Gasteiger partial charge in [0.15, 0.2) is 0 Å². The number of ketones is 1. The standard InChI is InChI=1S/C15H28O/c1-3-5-6-7-8-9-10-11-12-14-15(16)13-4-2/h4H,2-3,5-14H2,1H3. The summed E-state index contributed by atoms with van der Waals surface area (Å²) in [5.41, 5.74) is 0. The zero-order valence-corrected chi connectivity index (χ0v) is 11.0. The smallest absolute Gasteiger partial charge is 0.136 e. The topological polar surface area (TPSA) is 17.1 Å². The van der Waals surface area contributed by atoms with Gasteiger partial charge in [0, 0.05) is 12.8 Å². The average molecular weight is 224 g/mol. The van der Waals surface area contributed by atoms with Gasteiger partial charge in [0.05, 0.1) is 0 Å². The highest BCUT2D eigenvalue weighted by atomic mass is 16.1. The van der Waals surface area contributed by atoms with Crippen LogP contribution in [0.2, 0.25) is 0 Å². The summed E-state index contributed by atoms with van der Waals surface area (Å²) in [5, 5.41) is 0. The number of unbranched alkanes of at least 4 members (excludes halogenated alkanes) is 8. The molecule has 0 saturated heterocycles. The van der Waals surface area contributed by atoms with Crippen LogP contribution >= 0.6 is 0 Å². The molecule has 0 aromatic carbocycles. The first-order valence-electron chi connectivity index (χ1n) is 6.93. The summed E-state index contributed by atoms with van der Waals surface area (Å²) in [6.07, 6.45) is 14.8. The number of Topliss-reactive ketones (excluding diaryl/α,β-unsaturated/α-hetero) is 1. The van der Waals surface area contributed by atoms with Crippen molar-refractivity contribution in [3.05, 3.63) is 12.7 Å². The van der Waals surface area contributed by atoms with Crippen LogP contribution in [0.15, 0.2) is 12.7 Å². The average Bonchev–Trinajstić information content (AvgIpc) is 2.27. The molecule has 0 N–H and O–H groups in total. The Balaban J connectivity index is 3.03. The van der Waals surface area contributed by atoms with Crippen molar-refractivity contribution in [1.82, 2.24) is 0 Å². The number of carbonyl (C=O) groups is 1. The molecule has 1 nitrogen and oxygen atoms in total. The molecule has 0 spiro atoms. The lowest BCUT2D eigenvalue weighted by Crippen LogP contribution is -1.94. The summed E-state index contributed by atoms with van der Waals surface area (Å²) < 4.78 is 0. The molecular formula is C15H28O. The molecule has 94 valence electrons. The van der Waals surface area contributed by atoms with Gasteiger partial charge in [-0.05, 0) is 6.42 Å². The van der Waals surface area contributed by atoms with Crippen LogP contribution in [-0.2, 0) is 4.79 Å². The molecule has 0 aliphatic heterocycles. The number of hydrogen-bond acceptors (Lipinski definition) is 1. The van der Waals surface area contributed by atoms with Gasteiger partial charge in [0.25, 0.3) is 0 Å². The Kier molecular flexibility index (Phi) is 12.0. The van der Waals surface area contributed by atoms with Gasteiger partial charge in [0.2, 0.25) is 0 Å². The summed E-state index contributed by atoms with van der Waals surface area (Å²) in [7, 11) is 0. The second kappa shape index (κ2) is 12.5. The zero-order valence-electron chi connectivity index (χ0n) is 11.0. The zero-order chi connectivity index (χ0) is 12.1. The van der Waals surface area contributed by atoms with Crippen molar-refractivity contribution in [2.24, 2.45) is 0 Å². The lowest BCUT2D eigenvalue weighted by molar-refractivity contribution is -0.118. The monoisotopic (exact) mass is 224 g/mol. The van der Waals surface area contributed by atoms with E-state index in [-0.39, 0.29) is 0 Å². The summed E-state index contributed by atoms with van der Waals surface area (Å²) in [6, 6.07) is 0. The molecule has 0 aromatic rings. The molecule has 0 heterocycles. The van der Waals surface area contributed by atoms with Crippen molar-refractivity contribution in [3.8, 4) is 0 Å². The normalized spacial score (nSPS) is 10.3. The van der Waals surface area contributed by atoms with Crippen LogP contribution in [0.1, 0.15) is 77.6 Å². The maximum atomic E-state index is 11.2. The Morgan fingerprint density at radius 2 is 1.44 bits per heavy atom. The van der Waals surface area contributed by atoms with Crippen LogP contribution < -0.4 is 0 Å². The predicted molar refractivity (Wildman–Crippen MR) is 71.7 cm³/mol. The number of rotatable bonds is 12. The Morgan fingerprint density at radius 3 is 1.94 bits per heavy atom. The third-order valence-corrected chi connectivity index (χ3v) is 2.93. The van der Waals surface area contributed by atoms with E-state index in [9.17, 15) is 4.79 Å². The van der Waals surface area contributed by atoms with E-state index < -0.39 is 0 Å². The molecule has 1 heteroatoms. The molecule has 0 aromatic heterocycles. The van der Waals surface area contributed by atoms with Crippen molar-refractivity contribution in [2.45, 2.75) is 77.6 Å². The lowest BCUT2D eigenvalue weighted by atomic mass is 10.0. The minimum absolute atomic E-state index is 0.345. The molecular weight excluding hydrogens is 196 g/mol. The summed E-state index contributed by atoms with van der Waals surface area (Å²) >= 11 is 0. The van der Waals surface area contributed by atoms with Gasteiger partial charge in [-0.1, -0.05) is 64.4 Å². The SMILES string of the molecule is C=CCC(=O)CCCCCCCCCCC. The molecule has 0 rings (SSSR count). The molecule has 0 unspecified atom stereocenters. The first-order chi connectivity index (χ1) is 7.81. The molecule has 0 amide bonds. The van der Waals surface area contributed by atoms with Gasteiger partial charge >= 0.3 is 0 Å². The van der Waals surface area contributed by atoms with E-state index >= 15 is 0 Å². The number of hydrogen-bond donors (Lipinski definition) is 0. The van der Waals surface area contributed by atoms with E-state index in [1.807, 2.05) is 0 Å². The van der Waals surface area contributed by atoms with Crippen LogP contribution in [0.25, 0.3) is 0 Å². The molecule has 0 saturated carbocycles. The summed E-state index contributed by atoms with van der Waals surface area (Å²) in [6.45, 7) is 5.82. The molecule has 0 aliphatic carbocycles. The Labute approximate surface area is 101 Å². The molecule has 0 atom stereocenters. The van der Waals surface area contributed by atoms with Gasteiger partial charge in [-0.25, -0.2) is 0 Å². The second-order valence-electron chi connectivity index (χ2n) is 4.61. The molecule has 0 aliphatic rings. The summed E-state index contributed by atoms with van der Waals surface area (Å²) in [5.74, 6) is 0.345. The predicted octanol–water partition coefficient (Wildman–Crippen LogP) is 5.05. The van der Waals surface area contributed by atoms with E-state index in [0.29, 0.717) is 12.2 Å². The Morgan fingerprint density at radius 1 is 0.938 bits per heavy atom. The van der Waals surface area contributed by atoms with Crippen LogP contribution in [0.4, 0.5) is 0 Å². The molecule has 0 radical (unpaired) electrons. The highest BCUT2D eigenvalue weighted by Gasteiger charge is 1.98. The van der Waals surface area contributed by atoms with E-state index in [0.717, 1.165) is 12.8 Å². The van der Waals surface area contributed by atoms with Crippen molar-refractivity contribution in [3.63, 3.8) is 0 Å². The first-order valence-corrected chi connectivity index (χ1v) is 6.93. The number of allylic oxidation sites excluding steroid dienone is 1. The highest BCUT2D eigenvalue weighted by Crippen LogP contribution is 2.10. The van der Waals surface area contributed by atoms with Gasteiger partial charge in [-0.2, -0.15) is 0 Å². The largest absolute Gasteiger partial charge is 0.299 e. The van der Waals surface area contributed by atoms with E-state index in [4.69, 9.17) is 0 Å². The van der Waals surface area contributed by atoms with Gasteiger partial charge in [-0.3, -0.25) is 4.79 Å². The minimum atomic E-state index is 0.345. The third-order valence-electron chi connectivity index (χ3n) is 2.93. The van der Waals surface area contributed by atoms with Gasteiger partial charge in [0.1, 0.15) is 5.78 Å². The quantitative estimate of drug-likeness (QED) is 0.335. The molecule has 0 bridgehead atoms. The highest BCUT2D eigenvalue weighted by molar-refractivity contribution is 5.79. The fraction of sp³-hybridized carbons (Fsp3) is 0.800. The number of carbonyl (C=O) groups excluding carboxylic acids is 1. The minimum Gasteiger partial charge on any atom is -0.299 e. The van der Waals surface area contributed by atoms with Crippen molar-refractivity contribution >= 4 is 5.78 Å². The van der Waals surface area contributed by atoms with E-state index in [1.54, 1.807) is 6.08 Å². The van der Waals surface area contributed by atoms with Gasteiger partial charge in [-0.15, -0.1) is 6.58 Å². The maximum absolute atomic E-state index is 11.2. The van der Waals surface area contributed by atoms with Crippen molar-refractivity contribution in [2.75, 3.05) is 0 Å². The van der Waals surface area contributed by atoms with Crippen LogP contribution in [-0.4, -0.2) is 5.78 Å². The lowest BCUT2D eigenvalue weighted by Gasteiger charge is -2.01. The molecule has 16 heavy (non-hydrogen) atoms.